The Morgan fingerprint density at radius 1 is 0.178 bits per heavy atom. The molecule has 0 spiro atoms. The van der Waals surface area contributed by atoms with Crippen LogP contribution in [0.2, 0.25) is 0 Å². The summed E-state index contributed by atoms with van der Waals surface area (Å²) in [6, 6.07) is 0. The van der Waals surface area contributed by atoms with Gasteiger partial charge in [-0.2, -0.15) is 0 Å². The maximum absolute atomic E-state index is 8.42. The van der Waals surface area contributed by atoms with Crippen molar-refractivity contribution in [3.63, 3.8) is 0 Å². The quantitative estimate of drug-likeness (QED) is 0.209. The third kappa shape index (κ3) is 1810. The Morgan fingerprint density at radius 2 is 0.233 bits per heavy atom. The summed E-state index contributed by atoms with van der Waals surface area (Å²) in [4.78, 5) is 1.84. The summed E-state index contributed by atoms with van der Waals surface area (Å²) in [7, 11) is -35.0. The van der Waals surface area contributed by atoms with E-state index < -0.39 is 87.9 Å². The highest BCUT2D eigenvalue weighted by atomic mass is 35.5. The van der Waals surface area contributed by atoms with Crippen molar-refractivity contribution >= 4 is 237 Å². The predicted octanol–water partition coefficient (Wildman–Crippen LogP) is -40.0. The molecule has 0 rings (SSSR count). The SMILES string of the molecule is CCCC[NH+](CCCC)CCCC.Cl.Cl.Cl.Cl.Cl.Cl.Cl.Cl.Cl.Cl.Cl.Cl.[O-]B([O-])[O-].[O-]B([O-])[O-].[O-]B([O-])[O-].[O-]B([O-])[O-].[O-]B([O-])[O-].[O-]B([O-])[O-].[O-]B([O-])[O-].[O-]B([O-])[O-].[O-]B([O-])[O-].[O-]B([O-])[O-].[O-]B([O-])[O-].[O-]B([O-])[O-]. The zero-order valence-electron chi connectivity index (χ0n) is 36.4. The van der Waals surface area contributed by atoms with E-state index in [4.69, 9.17) is 181 Å². The first-order chi connectivity index (χ1) is 27.1. The van der Waals surface area contributed by atoms with Crippen molar-refractivity contribution in [3.8, 4) is 0 Å². The second kappa shape index (κ2) is 158. The van der Waals surface area contributed by atoms with E-state index in [0.717, 1.165) is 0 Å². The summed E-state index contributed by atoms with van der Waals surface area (Å²) in [5, 5.41) is 303. The largest absolute Gasteiger partial charge is 0.907 e. The van der Waals surface area contributed by atoms with Crippen molar-refractivity contribution in [1.82, 2.24) is 0 Å². The van der Waals surface area contributed by atoms with E-state index in [1.54, 1.807) is 0 Å². The minimum absolute atomic E-state index is 0. The van der Waals surface area contributed by atoms with E-state index in [1.807, 2.05) is 4.90 Å². The van der Waals surface area contributed by atoms with Crippen molar-refractivity contribution in [1.29, 1.82) is 0 Å². The van der Waals surface area contributed by atoms with Crippen LogP contribution < -0.4 is 186 Å². The number of hydrogen-bond donors (Lipinski definition) is 1. The van der Waals surface area contributed by atoms with E-state index in [0.29, 0.717) is 0 Å². The van der Waals surface area contributed by atoms with Crippen LogP contribution >= 0.6 is 149 Å². The topological polar surface area (TPSA) is 835 Å². The van der Waals surface area contributed by atoms with E-state index >= 15 is 0 Å². The molecule has 73 heavy (non-hydrogen) atoms. The van der Waals surface area contributed by atoms with Crippen molar-refractivity contribution in [2.75, 3.05) is 19.6 Å². The fraction of sp³-hybridized carbons (Fsp3) is 1.00. The van der Waals surface area contributed by atoms with Gasteiger partial charge in [-0.1, -0.05) is 40.0 Å². The first-order valence-electron chi connectivity index (χ1n) is 14.7. The van der Waals surface area contributed by atoms with Gasteiger partial charge < -0.3 is 186 Å². The average Bonchev–Trinajstić information content (AvgIpc) is 2.93. The predicted molar refractivity (Wildman–Crippen MR) is 216 cm³/mol. The summed E-state index contributed by atoms with van der Waals surface area (Å²) in [6.45, 7) is 11.1. The Kier molecular flexibility index (Phi) is 355. The summed E-state index contributed by atoms with van der Waals surface area (Å²) >= 11 is 0. The third-order valence-electron chi connectivity index (χ3n) is 2.65. The van der Waals surface area contributed by atoms with E-state index in [1.165, 1.54) is 58.2 Å². The molecular formula is C12H40B12Cl12NO36-35. The second-order valence-electron chi connectivity index (χ2n) is 7.52. The van der Waals surface area contributed by atoms with Gasteiger partial charge in [-0.05, 0) is 19.3 Å². The minimum Gasteiger partial charge on any atom is -0.907 e. The Balaban J connectivity index is -0.0000000151. The Bertz CT molecular complexity index is 468. The molecule has 0 heterocycles. The molecule has 0 unspecified atom stereocenters. The molecule has 37 nitrogen and oxygen atoms in total. The summed E-state index contributed by atoms with van der Waals surface area (Å²) in [5.74, 6) is 0. The number of rotatable bonds is 9. The van der Waals surface area contributed by atoms with Gasteiger partial charge in [-0.3, -0.25) is 87.9 Å². The molecule has 0 fully saturated rings. The third-order valence-corrected chi connectivity index (χ3v) is 2.65. The highest BCUT2D eigenvalue weighted by Crippen LogP contribution is 1.85. The van der Waals surface area contributed by atoms with Crippen LogP contribution in [0.5, 0.6) is 0 Å². The number of hydrogen-bond acceptors (Lipinski definition) is 36. The first kappa shape index (κ1) is 164. The fourth-order valence-corrected chi connectivity index (χ4v) is 1.66. The highest BCUT2D eigenvalue weighted by molar-refractivity contribution is 6.26. The van der Waals surface area contributed by atoms with Crippen molar-refractivity contribution < 1.29 is 186 Å². The summed E-state index contributed by atoms with van der Waals surface area (Å²) < 4.78 is 0. The lowest BCUT2D eigenvalue weighted by Gasteiger charge is -2.35. The molecule has 0 aliphatic rings. The molecule has 0 amide bonds. The van der Waals surface area contributed by atoms with Gasteiger partial charge >= 0.3 is 0 Å². The van der Waals surface area contributed by atoms with Crippen molar-refractivity contribution in [2.45, 2.75) is 59.3 Å². The van der Waals surface area contributed by atoms with Crippen LogP contribution in [0, 0.1) is 0 Å². The molecule has 61 heteroatoms. The van der Waals surface area contributed by atoms with E-state index in [-0.39, 0.29) is 149 Å². The van der Waals surface area contributed by atoms with E-state index in [9.17, 15) is 0 Å². The van der Waals surface area contributed by atoms with Crippen LogP contribution in [0.3, 0.4) is 0 Å². The average molecular weight is 1330 g/mol. The maximum atomic E-state index is 8.42. The lowest BCUT2D eigenvalue weighted by atomic mass is 10.2. The number of nitrogens with one attached hydrogen (secondary N) is 1. The summed E-state index contributed by atoms with van der Waals surface area (Å²) in [6.07, 6.45) is 8.26. The van der Waals surface area contributed by atoms with Crippen LogP contribution in [0.4, 0.5) is 0 Å². The zero-order chi connectivity index (χ0) is 52.9. The zero-order valence-corrected chi connectivity index (χ0v) is 46.2. The fourth-order valence-electron chi connectivity index (χ4n) is 1.66. The first-order valence-corrected chi connectivity index (χ1v) is 14.7. The lowest BCUT2D eigenvalue weighted by molar-refractivity contribution is -0.900. The van der Waals surface area contributed by atoms with Crippen molar-refractivity contribution in [3.05, 3.63) is 0 Å². The molecule has 0 aromatic heterocycles. The number of halogens is 12. The molecule has 0 aliphatic carbocycles. The van der Waals surface area contributed by atoms with E-state index in [2.05, 4.69) is 20.8 Å². The smallest absolute Gasteiger partial charge is 0.0770 e. The Labute approximate surface area is 498 Å². The van der Waals surface area contributed by atoms with Crippen LogP contribution in [-0.2, 0) is 0 Å². The highest BCUT2D eigenvalue weighted by Gasteiger charge is 2.05. The molecule has 0 saturated carbocycles. The molecule has 0 saturated heterocycles. The molecule has 0 atom stereocenters. The maximum Gasteiger partial charge on any atom is 0.0770 e. The van der Waals surface area contributed by atoms with Crippen LogP contribution in [0.15, 0.2) is 0 Å². The Morgan fingerprint density at radius 3 is 0.274 bits per heavy atom. The molecule has 1 N–H and O–H groups in total. The normalized spacial score (nSPS) is 6.41. The molecule has 0 aromatic rings. The molecule has 0 aromatic carbocycles. The monoisotopic (exact) mass is 1330 g/mol. The molecule has 0 bridgehead atoms. The summed E-state index contributed by atoms with van der Waals surface area (Å²) in [5.41, 5.74) is 0. The number of unbranched alkanes of at least 4 members (excludes halogenated alkanes) is 3. The van der Waals surface area contributed by atoms with Crippen LogP contribution in [-0.4, -0.2) is 107 Å². The molecular weight excluding hydrogens is 1290 g/mol. The van der Waals surface area contributed by atoms with Crippen LogP contribution in [0.1, 0.15) is 59.3 Å². The minimum atomic E-state index is -2.92. The van der Waals surface area contributed by atoms with Gasteiger partial charge in [-0.25, -0.2) is 0 Å². The molecule has 0 radical (unpaired) electrons. The Hall–Kier alpha value is 2.78. The molecule has 0 aliphatic heterocycles. The van der Waals surface area contributed by atoms with Crippen LogP contribution in [0.25, 0.3) is 0 Å². The molecule has 464 valence electrons. The van der Waals surface area contributed by atoms with Gasteiger partial charge in [0.15, 0.2) is 0 Å². The van der Waals surface area contributed by atoms with Gasteiger partial charge in [0, 0.05) is 0 Å². The van der Waals surface area contributed by atoms with Gasteiger partial charge in [-0.15, -0.1) is 149 Å². The van der Waals surface area contributed by atoms with Gasteiger partial charge in [0.2, 0.25) is 0 Å². The standard InChI is InChI=1S/C12H27N.12BO3.12ClH/c1-4-7-10-13(11-8-5-2)12-9-6-3;12*2-1(3)4;;;;;;;;;;;;/h4-12H2,1-3H3;;;;;;;;;;;;;12*1H/q;12*-3;;;;;;;;;;;;/p+1. The van der Waals surface area contributed by atoms with Crippen molar-refractivity contribution in [2.24, 2.45) is 0 Å². The lowest BCUT2D eigenvalue weighted by Crippen LogP contribution is -3.12. The second-order valence-corrected chi connectivity index (χ2v) is 7.52. The van der Waals surface area contributed by atoms with Gasteiger partial charge in [0.05, 0.1) is 19.6 Å². The van der Waals surface area contributed by atoms with Gasteiger partial charge in [0.1, 0.15) is 0 Å². The van der Waals surface area contributed by atoms with Gasteiger partial charge in [0.25, 0.3) is 0 Å². The number of quaternary nitrogens is 1.